The molecule has 36 heavy (non-hydrogen) atoms. The molecule has 0 saturated carbocycles. The van der Waals surface area contributed by atoms with Crippen molar-refractivity contribution in [3.05, 3.63) is 45.3 Å². The van der Waals surface area contributed by atoms with Crippen LogP contribution < -0.4 is 26.5 Å². The summed E-state index contributed by atoms with van der Waals surface area (Å²) in [5.41, 5.74) is 6.94. The van der Waals surface area contributed by atoms with Gasteiger partial charge in [-0.3, -0.25) is 9.59 Å². The average molecular weight is 517 g/mol. The summed E-state index contributed by atoms with van der Waals surface area (Å²) in [4.78, 5) is 52.4. The molecular weight excluding hydrogens is 488 g/mol. The maximum absolute atomic E-state index is 13.1. The van der Waals surface area contributed by atoms with Crippen LogP contribution in [0.5, 0.6) is 5.75 Å². The minimum absolute atomic E-state index is 0.0936. The van der Waals surface area contributed by atoms with E-state index in [1.54, 1.807) is 12.1 Å². The first-order valence-electron chi connectivity index (χ1n) is 11.3. The first kappa shape index (κ1) is 26.7. The molecule has 0 unspecified atom stereocenters. The maximum Gasteiger partial charge on any atom is 0.326 e. The van der Waals surface area contributed by atoms with Crippen molar-refractivity contribution in [3.63, 3.8) is 0 Å². The lowest BCUT2D eigenvalue weighted by Gasteiger charge is -2.20. The van der Waals surface area contributed by atoms with Crippen LogP contribution in [-0.2, 0) is 16.0 Å². The number of amides is 3. The number of urea groups is 1. The van der Waals surface area contributed by atoms with Crippen LogP contribution in [0, 0.1) is 6.92 Å². The van der Waals surface area contributed by atoms with E-state index < -0.39 is 30.1 Å². The number of ether oxygens (including phenoxy) is 1. The number of carbonyl (C=O) groups is 3. The van der Waals surface area contributed by atoms with Gasteiger partial charge in [0.15, 0.2) is 6.10 Å². The summed E-state index contributed by atoms with van der Waals surface area (Å²) in [6, 6.07) is 1.36. The van der Waals surface area contributed by atoms with E-state index in [1.165, 1.54) is 24.5 Å². The summed E-state index contributed by atoms with van der Waals surface area (Å²) >= 11 is 1.36. The molecule has 11 nitrogen and oxygen atoms in total. The second kappa shape index (κ2) is 11.7. The van der Waals surface area contributed by atoms with Crippen molar-refractivity contribution < 1.29 is 28.6 Å². The number of hydrogen-bond donors (Lipinski definition) is 4. The number of nitrogens with zero attached hydrogens (tertiary/aromatic N) is 1. The van der Waals surface area contributed by atoms with Gasteiger partial charge in [-0.05, 0) is 44.7 Å². The van der Waals surface area contributed by atoms with Crippen LogP contribution in [0.15, 0.2) is 33.0 Å². The Morgan fingerprint density at radius 2 is 2.06 bits per heavy atom. The van der Waals surface area contributed by atoms with E-state index in [0.717, 1.165) is 5.69 Å². The number of aliphatic carboxylic acids is 1. The van der Waals surface area contributed by atoms with Gasteiger partial charge in [0.25, 0.3) is 5.91 Å². The Labute approximate surface area is 210 Å². The van der Waals surface area contributed by atoms with Crippen LogP contribution in [0.1, 0.15) is 37.9 Å². The van der Waals surface area contributed by atoms with Crippen molar-refractivity contribution in [1.29, 1.82) is 0 Å². The number of aromatic nitrogens is 1. The quantitative estimate of drug-likeness (QED) is 0.281. The number of benzene rings is 1. The predicted octanol–water partition coefficient (Wildman–Crippen LogP) is 2.57. The fraction of sp³-hybridized carbons (Fsp3) is 0.375. The lowest BCUT2D eigenvalue weighted by molar-refractivity contribution is -0.143. The number of nitrogens with two attached hydrogens (primary N) is 1. The van der Waals surface area contributed by atoms with Gasteiger partial charge < -0.3 is 30.6 Å². The van der Waals surface area contributed by atoms with Crippen LogP contribution in [0.3, 0.4) is 0 Å². The number of aryl methyl sites for hydroxylation is 2. The highest BCUT2D eigenvalue weighted by Crippen LogP contribution is 2.29. The highest BCUT2D eigenvalue weighted by atomic mass is 32.1. The Morgan fingerprint density at radius 3 is 2.67 bits per heavy atom. The van der Waals surface area contributed by atoms with Crippen LogP contribution >= 0.6 is 11.3 Å². The van der Waals surface area contributed by atoms with Crippen molar-refractivity contribution in [3.8, 4) is 16.3 Å². The molecule has 5 N–H and O–H groups in total. The first-order chi connectivity index (χ1) is 17.1. The number of hydrogen-bond acceptors (Lipinski definition) is 8. The van der Waals surface area contributed by atoms with E-state index in [-0.39, 0.29) is 18.4 Å². The highest BCUT2D eigenvalue weighted by Gasteiger charge is 2.25. The molecule has 12 heteroatoms. The molecule has 3 aromatic rings. The third kappa shape index (κ3) is 6.39. The van der Waals surface area contributed by atoms with E-state index >= 15 is 0 Å². The second-order valence-electron chi connectivity index (χ2n) is 8.17. The van der Waals surface area contributed by atoms with Crippen molar-refractivity contribution in [2.45, 2.75) is 52.2 Å². The van der Waals surface area contributed by atoms with Gasteiger partial charge in [0.2, 0.25) is 5.43 Å². The number of rotatable bonds is 11. The molecular formula is C24H28N4O7S. The molecule has 3 amide bonds. The van der Waals surface area contributed by atoms with Gasteiger partial charge >= 0.3 is 12.0 Å². The Bertz CT molecular complexity index is 1330. The molecule has 2 aromatic heterocycles. The van der Waals surface area contributed by atoms with Crippen LogP contribution in [0.4, 0.5) is 4.79 Å². The monoisotopic (exact) mass is 516 g/mol. The van der Waals surface area contributed by atoms with Gasteiger partial charge in [-0.2, -0.15) is 0 Å². The minimum Gasteiger partial charge on any atom is -0.480 e. The molecule has 0 aliphatic carbocycles. The fourth-order valence-electron chi connectivity index (χ4n) is 3.52. The molecule has 0 saturated heterocycles. The number of thiazole rings is 1. The lowest BCUT2D eigenvalue weighted by atomic mass is 10.1. The number of carboxylic acids is 1. The standard InChI is InChI=1S/C24H28N4O7S/c1-4-14-8-15-19(34-10-16(20(15)29)22-27-12(2)11-36-22)9-18(14)35-13(3)21(30)28-17(23(31)32)6-5-7-26-24(25)33/h8-11,13,17H,4-7H2,1-3H3,(H,28,30)(H,31,32)(H3,25,26,33)/t13-,17-/m1/s1. The smallest absolute Gasteiger partial charge is 0.326 e. The lowest BCUT2D eigenvalue weighted by Crippen LogP contribution is -2.46. The molecule has 0 radical (unpaired) electrons. The SMILES string of the molecule is CCc1cc2c(=O)c(-c3nc(C)cs3)coc2cc1O[C@H](C)C(=O)N[C@H](CCCNC(N)=O)C(=O)O. The van der Waals surface area contributed by atoms with Crippen molar-refractivity contribution >= 4 is 40.2 Å². The number of primary amides is 1. The number of fused-ring (bicyclic) bond motifs is 1. The summed E-state index contributed by atoms with van der Waals surface area (Å²) in [5, 5.41) is 17.0. The number of carbonyl (C=O) groups excluding carboxylic acids is 2. The van der Waals surface area contributed by atoms with Crippen LogP contribution in [0.2, 0.25) is 0 Å². The summed E-state index contributed by atoms with van der Waals surface area (Å²) < 4.78 is 11.6. The van der Waals surface area contributed by atoms with Crippen molar-refractivity contribution in [1.82, 2.24) is 15.6 Å². The van der Waals surface area contributed by atoms with Crippen molar-refractivity contribution in [2.24, 2.45) is 5.73 Å². The summed E-state index contributed by atoms with van der Waals surface area (Å²) in [5.74, 6) is -1.47. The van der Waals surface area contributed by atoms with Crippen molar-refractivity contribution in [2.75, 3.05) is 6.54 Å². The maximum atomic E-state index is 13.1. The van der Waals surface area contributed by atoms with Crippen LogP contribution in [0.25, 0.3) is 21.5 Å². The van der Waals surface area contributed by atoms with E-state index in [1.807, 2.05) is 19.2 Å². The Morgan fingerprint density at radius 1 is 1.31 bits per heavy atom. The van der Waals surface area contributed by atoms with E-state index in [2.05, 4.69) is 15.6 Å². The fourth-order valence-corrected chi connectivity index (χ4v) is 4.32. The Hall–Kier alpha value is -3.93. The zero-order valence-electron chi connectivity index (χ0n) is 20.1. The minimum atomic E-state index is -1.21. The molecule has 0 spiro atoms. The van der Waals surface area contributed by atoms with Gasteiger partial charge in [-0.25, -0.2) is 14.6 Å². The summed E-state index contributed by atoms with van der Waals surface area (Å²) in [6.07, 6.45) is 1.25. The molecule has 0 aliphatic heterocycles. The van der Waals surface area contributed by atoms with Gasteiger partial charge in [0.1, 0.15) is 28.6 Å². The molecule has 2 atom stereocenters. The zero-order valence-corrected chi connectivity index (χ0v) is 20.9. The third-order valence-corrected chi connectivity index (χ3v) is 6.44. The molecule has 3 rings (SSSR count). The third-order valence-electron chi connectivity index (χ3n) is 5.44. The van der Waals surface area contributed by atoms with Gasteiger partial charge in [0.05, 0.1) is 10.9 Å². The molecule has 0 aliphatic rings. The molecule has 2 heterocycles. The Kier molecular flexibility index (Phi) is 8.64. The zero-order chi connectivity index (χ0) is 26.4. The number of nitrogens with one attached hydrogen (secondary N) is 2. The Balaban J connectivity index is 1.77. The predicted molar refractivity (Wildman–Crippen MR) is 134 cm³/mol. The van der Waals surface area contributed by atoms with Gasteiger partial charge in [-0.1, -0.05) is 6.92 Å². The normalized spacial score (nSPS) is 12.6. The largest absolute Gasteiger partial charge is 0.480 e. The van der Waals surface area contributed by atoms with E-state index in [4.69, 9.17) is 14.9 Å². The molecule has 0 bridgehead atoms. The molecule has 192 valence electrons. The van der Waals surface area contributed by atoms with Crippen LogP contribution in [-0.4, -0.2) is 46.7 Å². The second-order valence-corrected chi connectivity index (χ2v) is 9.03. The topological polar surface area (TPSA) is 174 Å². The first-order valence-corrected chi connectivity index (χ1v) is 12.2. The van der Waals surface area contributed by atoms with Gasteiger partial charge in [-0.15, -0.1) is 11.3 Å². The van der Waals surface area contributed by atoms with E-state index in [0.29, 0.717) is 45.7 Å². The molecule has 0 fully saturated rings. The summed E-state index contributed by atoms with van der Waals surface area (Å²) in [7, 11) is 0. The highest BCUT2D eigenvalue weighted by molar-refractivity contribution is 7.13. The number of carboxylic acid groups (broad SMARTS) is 1. The summed E-state index contributed by atoms with van der Waals surface area (Å²) in [6.45, 7) is 5.41. The van der Waals surface area contributed by atoms with Gasteiger partial charge in [0, 0.05) is 23.7 Å². The molecule has 1 aromatic carbocycles. The van der Waals surface area contributed by atoms with E-state index in [9.17, 15) is 24.3 Å². The average Bonchev–Trinajstić information content (AvgIpc) is 3.26.